The molecule has 2 saturated carbocycles. The SMILES string of the molecule is Fc1c(OCC2CCC2)ccc2nc(C3(F)CC3)sc12. The average Bonchev–Trinajstić information content (AvgIpc) is 2.98. The predicted molar refractivity (Wildman–Crippen MR) is 74.4 cm³/mol. The molecule has 0 radical (unpaired) electrons. The second-order valence-electron chi connectivity index (χ2n) is 5.82. The summed E-state index contributed by atoms with van der Waals surface area (Å²) in [4.78, 5) is 4.22. The van der Waals surface area contributed by atoms with Crippen molar-refractivity contribution in [2.24, 2.45) is 5.92 Å². The van der Waals surface area contributed by atoms with Crippen LogP contribution in [0.1, 0.15) is 37.1 Å². The van der Waals surface area contributed by atoms with Crippen molar-refractivity contribution in [3.05, 3.63) is 23.0 Å². The molecule has 0 spiro atoms. The standard InChI is InChI=1S/C15H15F2NOS/c16-12-11(19-8-9-2-1-3-9)5-4-10-13(12)20-14(18-10)15(17)6-7-15/h4-5,9H,1-3,6-8H2. The molecule has 0 aliphatic heterocycles. The minimum atomic E-state index is -1.30. The Morgan fingerprint density at radius 3 is 2.80 bits per heavy atom. The molecule has 2 aromatic rings. The molecule has 5 heteroatoms. The second-order valence-corrected chi connectivity index (χ2v) is 6.82. The van der Waals surface area contributed by atoms with Crippen LogP contribution in [-0.4, -0.2) is 11.6 Å². The van der Waals surface area contributed by atoms with Crippen LogP contribution in [0.2, 0.25) is 0 Å². The Morgan fingerprint density at radius 2 is 2.15 bits per heavy atom. The maximum absolute atomic E-state index is 14.4. The fourth-order valence-corrected chi connectivity index (χ4v) is 3.57. The molecule has 1 aromatic carbocycles. The van der Waals surface area contributed by atoms with E-state index in [9.17, 15) is 8.78 Å². The summed E-state index contributed by atoms with van der Waals surface area (Å²) >= 11 is 1.12. The largest absolute Gasteiger partial charge is 0.490 e. The van der Waals surface area contributed by atoms with E-state index >= 15 is 0 Å². The maximum atomic E-state index is 14.4. The van der Waals surface area contributed by atoms with Crippen molar-refractivity contribution in [3.8, 4) is 5.75 Å². The van der Waals surface area contributed by atoms with E-state index in [1.807, 2.05) is 0 Å². The summed E-state index contributed by atoms with van der Waals surface area (Å²) in [6.45, 7) is 0.571. The van der Waals surface area contributed by atoms with Gasteiger partial charge in [-0.05, 0) is 43.7 Å². The van der Waals surface area contributed by atoms with Gasteiger partial charge in [0.2, 0.25) is 0 Å². The highest BCUT2D eigenvalue weighted by molar-refractivity contribution is 7.18. The Balaban J connectivity index is 1.63. The number of fused-ring (bicyclic) bond motifs is 1. The van der Waals surface area contributed by atoms with Crippen LogP contribution >= 0.6 is 11.3 Å². The summed E-state index contributed by atoms with van der Waals surface area (Å²) < 4.78 is 34.4. The van der Waals surface area contributed by atoms with Crippen LogP contribution in [0.3, 0.4) is 0 Å². The highest BCUT2D eigenvalue weighted by Gasteiger charge is 2.48. The average molecular weight is 295 g/mol. The maximum Gasteiger partial charge on any atom is 0.184 e. The van der Waals surface area contributed by atoms with Crippen molar-refractivity contribution in [1.82, 2.24) is 4.98 Å². The van der Waals surface area contributed by atoms with Gasteiger partial charge in [-0.3, -0.25) is 0 Å². The van der Waals surface area contributed by atoms with Crippen LogP contribution < -0.4 is 4.74 Å². The monoisotopic (exact) mass is 295 g/mol. The zero-order valence-corrected chi connectivity index (χ0v) is 11.8. The van der Waals surface area contributed by atoms with Gasteiger partial charge < -0.3 is 4.74 Å². The molecule has 2 fully saturated rings. The summed E-state index contributed by atoms with van der Waals surface area (Å²) in [5.41, 5.74) is -0.772. The first-order valence-electron chi connectivity index (χ1n) is 7.07. The minimum Gasteiger partial charge on any atom is -0.490 e. The van der Waals surface area contributed by atoms with Gasteiger partial charge in [-0.2, -0.15) is 0 Å². The molecule has 0 atom stereocenters. The van der Waals surface area contributed by atoms with Gasteiger partial charge in [0.1, 0.15) is 5.01 Å². The Kier molecular flexibility index (Phi) is 2.74. The van der Waals surface area contributed by atoms with Crippen molar-refractivity contribution in [2.75, 3.05) is 6.61 Å². The Morgan fingerprint density at radius 1 is 1.35 bits per heavy atom. The highest BCUT2D eigenvalue weighted by atomic mass is 32.1. The highest BCUT2D eigenvalue weighted by Crippen LogP contribution is 2.52. The number of nitrogens with zero attached hydrogens (tertiary/aromatic N) is 1. The van der Waals surface area contributed by atoms with Crippen molar-refractivity contribution < 1.29 is 13.5 Å². The molecule has 2 aliphatic carbocycles. The number of thiazole rings is 1. The lowest BCUT2D eigenvalue weighted by atomic mass is 9.86. The zero-order valence-electron chi connectivity index (χ0n) is 11.0. The number of hydrogen-bond donors (Lipinski definition) is 0. The number of rotatable bonds is 4. The first kappa shape index (κ1) is 12.5. The number of aromatic nitrogens is 1. The van der Waals surface area contributed by atoms with Crippen molar-refractivity contribution in [1.29, 1.82) is 0 Å². The van der Waals surface area contributed by atoms with Crippen LogP contribution in [-0.2, 0) is 5.67 Å². The molecule has 0 saturated heterocycles. The third-order valence-electron chi connectivity index (χ3n) is 4.23. The van der Waals surface area contributed by atoms with Crippen molar-refractivity contribution in [2.45, 2.75) is 37.8 Å². The normalized spacial score (nSPS) is 20.9. The van der Waals surface area contributed by atoms with E-state index in [4.69, 9.17) is 4.74 Å². The van der Waals surface area contributed by atoms with Crippen LogP contribution in [0, 0.1) is 11.7 Å². The van der Waals surface area contributed by atoms with Crippen molar-refractivity contribution >= 4 is 21.6 Å². The molecule has 1 heterocycles. The quantitative estimate of drug-likeness (QED) is 0.824. The topological polar surface area (TPSA) is 22.1 Å². The molecule has 2 aliphatic rings. The van der Waals surface area contributed by atoms with E-state index in [1.54, 1.807) is 12.1 Å². The summed E-state index contributed by atoms with van der Waals surface area (Å²) in [6, 6.07) is 3.33. The molecule has 2 nitrogen and oxygen atoms in total. The molecule has 106 valence electrons. The van der Waals surface area contributed by atoms with Gasteiger partial charge in [0.05, 0.1) is 16.8 Å². The van der Waals surface area contributed by atoms with Crippen LogP contribution in [0.4, 0.5) is 8.78 Å². The smallest absolute Gasteiger partial charge is 0.184 e. The number of ether oxygens (including phenoxy) is 1. The number of alkyl halides is 1. The van der Waals surface area contributed by atoms with Crippen LogP contribution in [0.25, 0.3) is 10.2 Å². The lowest BCUT2D eigenvalue weighted by Gasteiger charge is -2.25. The molecule has 1 aromatic heterocycles. The first-order valence-corrected chi connectivity index (χ1v) is 7.89. The van der Waals surface area contributed by atoms with Crippen LogP contribution in [0.5, 0.6) is 5.75 Å². The van der Waals surface area contributed by atoms with E-state index in [2.05, 4.69) is 4.98 Å². The van der Waals surface area contributed by atoms with Crippen LogP contribution in [0.15, 0.2) is 12.1 Å². The molecule has 20 heavy (non-hydrogen) atoms. The summed E-state index contributed by atoms with van der Waals surface area (Å²) in [7, 11) is 0. The number of hydrogen-bond acceptors (Lipinski definition) is 3. The molecular weight excluding hydrogens is 280 g/mol. The van der Waals surface area contributed by atoms with Gasteiger partial charge in [0.25, 0.3) is 0 Å². The molecular formula is C15H15F2NOS. The van der Waals surface area contributed by atoms with Gasteiger partial charge in [-0.25, -0.2) is 13.8 Å². The van der Waals surface area contributed by atoms with Gasteiger partial charge >= 0.3 is 0 Å². The van der Waals surface area contributed by atoms with E-state index in [0.29, 0.717) is 40.6 Å². The molecule has 0 amide bonds. The third kappa shape index (κ3) is 1.99. The molecule has 4 rings (SSSR count). The summed E-state index contributed by atoms with van der Waals surface area (Å²) in [6.07, 6.45) is 4.57. The summed E-state index contributed by atoms with van der Waals surface area (Å²) in [5.74, 6) is 0.431. The van der Waals surface area contributed by atoms with Crippen molar-refractivity contribution in [3.63, 3.8) is 0 Å². The Hall–Kier alpha value is -1.23. The lowest BCUT2D eigenvalue weighted by molar-refractivity contribution is 0.176. The fourth-order valence-electron chi connectivity index (χ4n) is 2.44. The number of halogens is 2. The van der Waals surface area contributed by atoms with Gasteiger partial charge in [-0.1, -0.05) is 6.42 Å². The lowest BCUT2D eigenvalue weighted by Crippen LogP contribution is -2.19. The van der Waals surface area contributed by atoms with E-state index in [1.165, 1.54) is 19.3 Å². The Labute approximate surface area is 119 Å². The number of benzene rings is 1. The second kappa shape index (κ2) is 4.38. The molecule has 0 bridgehead atoms. The van der Waals surface area contributed by atoms with Gasteiger partial charge in [0.15, 0.2) is 17.2 Å². The third-order valence-corrected chi connectivity index (χ3v) is 5.48. The summed E-state index contributed by atoms with van der Waals surface area (Å²) in [5, 5.41) is 0.405. The van der Waals surface area contributed by atoms with E-state index in [0.717, 1.165) is 11.3 Å². The fraction of sp³-hybridized carbons (Fsp3) is 0.533. The zero-order chi connectivity index (χ0) is 13.7. The van der Waals surface area contributed by atoms with E-state index < -0.39 is 11.5 Å². The molecule has 0 unspecified atom stereocenters. The predicted octanol–water partition coefficient (Wildman–Crippen LogP) is 4.57. The first-order chi connectivity index (χ1) is 9.66. The molecule has 0 N–H and O–H groups in total. The van der Waals surface area contributed by atoms with Gasteiger partial charge in [0, 0.05) is 0 Å². The van der Waals surface area contributed by atoms with Gasteiger partial charge in [-0.15, -0.1) is 11.3 Å². The minimum absolute atomic E-state index is 0.267. The van der Waals surface area contributed by atoms with E-state index in [-0.39, 0.29) is 5.75 Å². The Bertz CT molecular complexity index is 661.